The van der Waals surface area contributed by atoms with Gasteiger partial charge in [0, 0.05) is 11.1 Å². The smallest absolute Gasteiger partial charge is 0.207 e. The van der Waals surface area contributed by atoms with Crippen LogP contribution in [0.5, 0.6) is 0 Å². The van der Waals surface area contributed by atoms with Crippen molar-refractivity contribution in [2.24, 2.45) is 0 Å². The molecule has 1 aliphatic rings. The first kappa shape index (κ1) is 22.1. The summed E-state index contributed by atoms with van der Waals surface area (Å²) < 4.78 is 54.9. The summed E-state index contributed by atoms with van der Waals surface area (Å²) in [4.78, 5) is 0.591. The molecule has 0 amide bonds. The summed E-state index contributed by atoms with van der Waals surface area (Å²) in [6, 6.07) is 30.4. The molecule has 4 aromatic rings. The van der Waals surface area contributed by atoms with E-state index < -0.39 is 19.7 Å². The van der Waals surface area contributed by atoms with E-state index in [2.05, 4.69) is 0 Å². The van der Waals surface area contributed by atoms with Crippen LogP contribution in [0.15, 0.2) is 119 Å². The summed E-state index contributed by atoms with van der Waals surface area (Å²) in [5.74, 6) is 0. The zero-order valence-corrected chi connectivity index (χ0v) is 19.6. The Morgan fingerprint density at radius 1 is 0.382 bits per heavy atom. The Bertz CT molecular complexity index is 1520. The van der Waals surface area contributed by atoms with Crippen molar-refractivity contribution in [1.29, 1.82) is 0 Å². The molecule has 168 valence electrons. The van der Waals surface area contributed by atoms with Crippen molar-refractivity contribution in [2.45, 2.75) is 9.79 Å². The SMILES string of the molecule is O=S(=O)(C1=Cc2ccccc2C(S(=O)(=O)c2ccccc2)=Cc2ccccc21)c1ccccc1. The minimum absolute atomic E-state index is 0.120. The Morgan fingerprint density at radius 2 is 0.706 bits per heavy atom. The highest BCUT2D eigenvalue weighted by Gasteiger charge is 2.29. The maximum atomic E-state index is 13.7. The molecule has 6 heteroatoms. The first-order valence-corrected chi connectivity index (χ1v) is 13.6. The van der Waals surface area contributed by atoms with Gasteiger partial charge in [-0.3, -0.25) is 0 Å². The van der Waals surface area contributed by atoms with E-state index in [4.69, 9.17) is 0 Å². The van der Waals surface area contributed by atoms with Crippen LogP contribution in [0.2, 0.25) is 0 Å². The molecule has 0 atom stereocenters. The number of hydrogen-bond donors (Lipinski definition) is 0. The molecule has 34 heavy (non-hydrogen) atoms. The molecule has 0 aliphatic heterocycles. The van der Waals surface area contributed by atoms with Gasteiger partial charge in [0.1, 0.15) is 0 Å². The zero-order valence-electron chi connectivity index (χ0n) is 18.0. The highest BCUT2D eigenvalue weighted by atomic mass is 32.2. The molecular weight excluding hydrogens is 464 g/mol. The van der Waals surface area contributed by atoms with E-state index in [9.17, 15) is 16.8 Å². The average Bonchev–Trinajstić information content (AvgIpc) is 2.86. The van der Waals surface area contributed by atoms with Crippen molar-refractivity contribution in [1.82, 2.24) is 0 Å². The third-order valence-corrected chi connectivity index (χ3v) is 9.33. The Kier molecular flexibility index (Phi) is 5.55. The molecule has 0 fully saturated rings. The number of hydrogen-bond acceptors (Lipinski definition) is 4. The fourth-order valence-electron chi connectivity index (χ4n) is 4.03. The van der Waals surface area contributed by atoms with Crippen LogP contribution in [0.3, 0.4) is 0 Å². The van der Waals surface area contributed by atoms with E-state index in [1.807, 2.05) is 0 Å². The van der Waals surface area contributed by atoms with Crippen LogP contribution in [0, 0.1) is 0 Å². The predicted molar refractivity (Wildman–Crippen MR) is 136 cm³/mol. The zero-order chi connectivity index (χ0) is 23.8. The Morgan fingerprint density at radius 3 is 1.09 bits per heavy atom. The highest BCUT2D eigenvalue weighted by Crippen LogP contribution is 2.40. The minimum atomic E-state index is -3.88. The van der Waals surface area contributed by atoms with Crippen LogP contribution in [0.4, 0.5) is 0 Å². The van der Waals surface area contributed by atoms with Crippen LogP contribution < -0.4 is 0 Å². The van der Waals surface area contributed by atoms with E-state index in [-0.39, 0.29) is 19.6 Å². The number of benzene rings is 4. The molecule has 4 aromatic carbocycles. The van der Waals surface area contributed by atoms with Gasteiger partial charge in [-0.15, -0.1) is 0 Å². The van der Waals surface area contributed by atoms with Crippen molar-refractivity contribution in [2.75, 3.05) is 0 Å². The van der Waals surface area contributed by atoms with Crippen LogP contribution in [-0.2, 0) is 19.7 Å². The molecule has 5 rings (SSSR count). The van der Waals surface area contributed by atoms with Crippen molar-refractivity contribution in [3.8, 4) is 0 Å². The number of sulfone groups is 2. The molecule has 0 radical (unpaired) electrons. The lowest BCUT2D eigenvalue weighted by Gasteiger charge is -2.19. The third-order valence-electron chi connectivity index (χ3n) is 5.71. The van der Waals surface area contributed by atoms with Crippen molar-refractivity contribution >= 4 is 41.6 Å². The first-order valence-electron chi connectivity index (χ1n) is 10.6. The second-order valence-corrected chi connectivity index (χ2v) is 11.7. The fraction of sp³-hybridized carbons (Fsp3) is 0. The molecular formula is C28H20O4S2. The fourth-order valence-corrected chi connectivity index (χ4v) is 7.08. The summed E-state index contributed by atoms with van der Waals surface area (Å²) in [6.07, 6.45) is 3.15. The van der Waals surface area contributed by atoms with Gasteiger partial charge in [-0.05, 0) is 47.5 Å². The van der Waals surface area contributed by atoms with E-state index in [1.54, 1.807) is 121 Å². The highest BCUT2D eigenvalue weighted by molar-refractivity contribution is 8.01. The maximum Gasteiger partial charge on any atom is 0.207 e. The van der Waals surface area contributed by atoms with Crippen LogP contribution in [0.25, 0.3) is 22.0 Å². The lowest BCUT2D eigenvalue weighted by Crippen LogP contribution is -2.10. The largest absolute Gasteiger partial charge is 0.218 e. The monoisotopic (exact) mass is 484 g/mol. The Balaban J connectivity index is 1.83. The molecule has 1 aliphatic carbocycles. The summed E-state index contributed by atoms with van der Waals surface area (Å²) in [7, 11) is -7.76. The lowest BCUT2D eigenvalue weighted by atomic mass is 9.98. The number of rotatable bonds is 4. The summed E-state index contributed by atoms with van der Waals surface area (Å²) in [6.45, 7) is 0. The molecule has 0 heterocycles. The van der Waals surface area contributed by atoms with Gasteiger partial charge in [0.25, 0.3) is 0 Å². The van der Waals surface area contributed by atoms with Gasteiger partial charge < -0.3 is 0 Å². The third kappa shape index (κ3) is 3.81. The van der Waals surface area contributed by atoms with Gasteiger partial charge >= 0.3 is 0 Å². The molecule has 0 N–H and O–H groups in total. The van der Waals surface area contributed by atoms with Crippen molar-refractivity contribution in [3.63, 3.8) is 0 Å². The molecule has 0 saturated heterocycles. The van der Waals surface area contributed by atoms with Gasteiger partial charge in [-0.25, -0.2) is 16.8 Å². The number of fused-ring (bicyclic) bond motifs is 2. The normalized spacial score (nSPS) is 13.5. The molecule has 0 spiro atoms. The van der Waals surface area contributed by atoms with Crippen molar-refractivity contribution < 1.29 is 16.8 Å². The summed E-state index contributed by atoms with van der Waals surface area (Å²) in [5, 5.41) is 0. The second-order valence-electron chi connectivity index (χ2n) is 7.82. The summed E-state index contributed by atoms with van der Waals surface area (Å²) in [5.41, 5.74) is 1.91. The topological polar surface area (TPSA) is 68.3 Å². The maximum absolute atomic E-state index is 13.7. The lowest BCUT2D eigenvalue weighted by molar-refractivity contribution is 0.604. The van der Waals surface area contributed by atoms with E-state index >= 15 is 0 Å². The van der Waals surface area contributed by atoms with Crippen LogP contribution in [-0.4, -0.2) is 16.8 Å². The molecule has 0 unspecified atom stereocenters. The van der Waals surface area contributed by atoms with E-state index in [1.165, 1.54) is 0 Å². The molecule has 0 saturated carbocycles. The molecule has 0 bridgehead atoms. The molecule has 4 nitrogen and oxygen atoms in total. The van der Waals surface area contributed by atoms with Gasteiger partial charge in [-0.1, -0.05) is 84.9 Å². The van der Waals surface area contributed by atoms with Gasteiger partial charge in [0.05, 0.1) is 19.6 Å². The summed E-state index contributed by atoms with van der Waals surface area (Å²) >= 11 is 0. The average molecular weight is 485 g/mol. The Labute approximate surface area is 199 Å². The van der Waals surface area contributed by atoms with E-state index in [0.29, 0.717) is 22.3 Å². The van der Waals surface area contributed by atoms with Gasteiger partial charge in [-0.2, -0.15) is 0 Å². The molecule has 0 aromatic heterocycles. The standard InChI is InChI=1S/C28H20O4S2/c29-33(30,23-13-3-1-4-14-23)27-19-21-11-8-10-18-26(21)28(20-22-12-7-9-17-25(22)27)34(31,32)24-15-5-2-6-16-24/h1-20H. The van der Waals surface area contributed by atoms with E-state index in [0.717, 1.165) is 0 Å². The first-order chi connectivity index (χ1) is 16.4. The Hall–Kier alpha value is -3.74. The van der Waals surface area contributed by atoms with Crippen LogP contribution in [0.1, 0.15) is 22.3 Å². The predicted octanol–water partition coefficient (Wildman–Crippen LogP) is 5.94. The quantitative estimate of drug-likeness (QED) is 0.359. The second kappa shape index (κ2) is 8.56. The van der Waals surface area contributed by atoms with Crippen LogP contribution >= 0.6 is 0 Å². The van der Waals surface area contributed by atoms with Crippen molar-refractivity contribution in [3.05, 3.63) is 131 Å². The van der Waals surface area contributed by atoms with Gasteiger partial charge in [0.2, 0.25) is 19.7 Å². The van der Waals surface area contributed by atoms with Gasteiger partial charge in [0.15, 0.2) is 0 Å². The minimum Gasteiger partial charge on any atom is -0.218 e.